The van der Waals surface area contributed by atoms with Gasteiger partial charge in [-0.2, -0.15) is 0 Å². The standard InChI is InChI=1S/C12H17N/c1-10-7-8-12(9-13-10)11-5-3-2-4-6-11/h2-6,10,12-13H,7-9H2,1H3/t10-,12+/m1/s1. The van der Waals surface area contributed by atoms with E-state index in [1.807, 2.05) is 0 Å². The summed E-state index contributed by atoms with van der Waals surface area (Å²) in [7, 11) is 0. The van der Waals surface area contributed by atoms with E-state index in [0.717, 1.165) is 12.5 Å². The average molecular weight is 175 g/mol. The maximum absolute atomic E-state index is 3.53. The maximum Gasteiger partial charge on any atom is 0.00391 e. The van der Waals surface area contributed by atoms with Gasteiger partial charge in [0.25, 0.3) is 0 Å². The van der Waals surface area contributed by atoms with E-state index >= 15 is 0 Å². The number of hydrogen-bond donors (Lipinski definition) is 1. The lowest BCUT2D eigenvalue weighted by Crippen LogP contribution is -2.35. The first-order chi connectivity index (χ1) is 6.36. The molecule has 0 spiro atoms. The third-order valence-electron chi connectivity index (χ3n) is 2.93. The van der Waals surface area contributed by atoms with Gasteiger partial charge >= 0.3 is 0 Å². The van der Waals surface area contributed by atoms with Gasteiger partial charge < -0.3 is 5.32 Å². The summed E-state index contributed by atoms with van der Waals surface area (Å²) in [5, 5.41) is 3.53. The van der Waals surface area contributed by atoms with Crippen LogP contribution in [0.5, 0.6) is 0 Å². The van der Waals surface area contributed by atoms with Crippen molar-refractivity contribution in [2.45, 2.75) is 31.7 Å². The van der Waals surface area contributed by atoms with Crippen LogP contribution in [0.4, 0.5) is 0 Å². The number of piperidine rings is 1. The Morgan fingerprint density at radius 2 is 1.92 bits per heavy atom. The van der Waals surface area contributed by atoms with Crippen molar-refractivity contribution in [3.63, 3.8) is 0 Å². The molecule has 0 radical (unpaired) electrons. The first-order valence-corrected chi connectivity index (χ1v) is 5.14. The predicted molar refractivity (Wildman–Crippen MR) is 55.9 cm³/mol. The van der Waals surface area contributed by atoms with Crippen molar-refractivity contribution in [2.75, 3.05) is 6.54 Å². The fourth-order valence-corrected chi connectivity index (χ4v) is 2.01. The van der Waals surface area contributed by atoms with E-state index in [2.05, 4.69) is 42.6 Å². The maximum atomic E-state index is 3.53. The summed E-state index contributed by atoms with van der Waals surface area (Å²) in [5.41, 5.74) is 1.49. The van der Waals surface area contributed by atoms with Crippen LogP contribution in [0.1, 0.15) is 31.2 Å². The van der Waals surface area contributed by atoms with Crippen molar-refractivity contribution in [1.29, 1.82) is 0 Å². The molecule has 1 aliphatic heterocycles. The summed E-state index contributed by atoms with van der Waals surface area (Å²) in [6.07, 6.45) is 2.64. The lowest BCUT2D eigenvalue weighted by Gasteiger charge is -2.27. The highest BCUT2D eigenvalue weighted by Crippen LogP contribution is 2.24. The van der Waals surface area contributed by atoms with E-state index in [9.17, 15) is 0 Å². The molecule has 2 rings (SSSR count). The van der Waals surface area contributed by atoms with Gasteiger partial charge in [0.15, 0.2) is 0 Å². The minimum atomic E-state index is 0.708. The van der Waals surface area contributed by atoms with Crippen LogP contribution in [-0.4, -0.2) is 12.6 Å². The van der Waals surface area contributed by atoms with Crippen LogP contribution in [0.25, 0.3) is 0 Å². The molecule has 13 heavy (non-hydrogen) atoms. The van der Waals surface area contributed by atoms with Gasteiger partial charge in [-0.05, 0) is 31.2 Å². The van der Waals surface area contributed by atoms with Crippen molar-refractivity contribution >= 4 is 0 Å². The molecule has 0 aliphatic carbocycles. The van der Waals surface area contributed by atoms with E-state index in [1.165, 1.54) is 18.4 Å². The Labute approximate surface area is 80.2 Å². The average Bonchev–Trinajstić information content (AvgIpc) is 2.20. The second kappa shape index (κ2) is 3.93. The molecule has 1 nitrogen and oxygen atoms in total. The molecule has 1 saturated heterocycles. The van der Waals surface area contributed by atoms with Crippen LogP contribution in [0.15, 0.2) is 30.3 Å². The highest BCUT2D eigenvalue weighted by Gasteiger charge is 2.18. The molecule has 0 amide bonds. The highest BCUT2D eigenvalue weighted by molar-refractivity contribution is 5.20. The van der Waals surface area contributed by atoms with Gasteiger partial charge in [-0.3, -0.25) is 0 Å². The molecule has 70 valence electrons. The summed E-state index contributed by atoms with van der Waals surface area (Å²) < 4.78 is 0. The van der Waals surface area contributed by atoms with Crippen LogP contribution < -0.4 is 5.32 Å². The van der Waals surface area contributed by atoms with Crippen molar-refractivity contribution < 1.29 is 0 Å². The van der Waals surface area contributed by atoms with Gasteiger partial charge in [-0.15, -0.1) is 0 Å². The molecule has 1 aromatic rings. The highest BCUT2D eigenvalue weighted by atomic mass is 14.9. The largest absolute Gasteiger partial charge is 0.314 e. The molecule has 2 atom stereocenters. The second-order valence-corrected chi connectivity index (χ2v) is 3.99. The zero-order valence-corrected chi connectivity index (χ0v) is 8.16. The first kappa shape index (κ1) is 8.76. The van der Waals surface area contributed by atoms with Gasteiger partial charge in [-0.25, -0.2) is 0 Å². The number of hydrogen-bond acceptors (Lipinski definition) is 1. The quantitative estimate of drug-likeness (QED) is 0.691. The van der Waals surface area contributed by atoms with Gasteiger partial charge in [-0.1, -0.05) is 30.3 Å². The minimum Gasteiger partial charge on any atom is -0.314 e. The predicted octanol–water partition coefficient (Wildman–Crippen LogP) is 2.54. The molecule has 0 saturated carbocycles. The second-order valence-electron chi connectivity index (χ2n) is 3.99. The molecule has 0 aromatic heterocycles. The normalized spacial score (nSPS) is 28.7. The van der Waals surface area contributed by atoms with E-state index in [1.54, 1.807) is 0 Å². The Kier molecular flexibility index (Phi) is 2.65. The summed E-state index contributed by atoms with van der Waals surface area (Å²) in [5.74, 6) is 0.734. The van der Waals surface area contributed by atoms with Crippen LogP contribution in [0.2, 0.25) is 0 Å². The molecular formula is C12H17N. The fourth-order valence-electron chi connectivity index (χ4n) is 2.01. The zero-order chi connectivity index (χ0) is 9.10. The molecule has 1 N–H and O–H groups in total. The monoisotopic (exact) mass is 175 g/mol. The van der Waals surface area contributed by atoms with Gasteiger partial charge in [0.05, 0.1) is 0 Å². The smallest absolute Gasteiger partial charge is 0.00391 e. The Morgan fingerprint density at radius 1 is 1.15 bits per heavy atom. The lowest BCUT2D eigenvalue weighted by atomic mass is 9.89. The zero-order valence-electron chi connectivity index (χ0n) is 8.16. The summed E-state index contributed by atoms with van der Waals surface area (Å²) in [4.78, 5) is 0. The van der Waals surface area contributed by atoms with E-state index in [-0.39, 0.29) is 0 Å². The fraction of sp³-hybridized carbons (Fsp3) is 0.500. The summed E-state index contributed by atoms with van der Waals surface area (Å²) >= 11 is 0. The Balaban J connectivity index is 2.03. The van der Waals surface area contributed by atoms with Crippen molar-refractivity contribution in [1.82, 2.24) is 5.32 Å². The number of nitrogens with one attached hydrogen (secondary N) is 1. The third-order valence-corrected chi connectivity index (χ3v) is 2.93. The molecule has 1 aliphatic rings. The molecular weight excluding hydrogens is 158 g/mol. The molecule has 1 heteroatoms. The van der Waals surface area contributed by atoms with Crippen LogP contribution in [-0.2, 0) is 0 Å². The molecule has 0 unspecified atom stereocenters. The third kappa shape index (κ3) is 2.10. The minimum absolute atomic E-state index is 0.708. The topological polar surface area (TPSA) is 12.0 Å². The summed E-state index contributed by atoms with van der Waals surface area (Å²) in [6.45, 7) is 3.41. The Hall–Kier alpha value is -0.820. The number of benzene rings is 1. The van der Waals surface area contributed by atoms with Crippen LogP contribution in [0.3, 0.4) is 0 Å². The van der Waals surface area contributed by atoms with E-state index in [4.69, 9.17) is 0 Å². The van der Waals surface area contributed by atoms with Crippen molar-refractivity contribution in [3.05, 3.63) is 35.9 Å². The molecule has 1 aromatic carbocycles. The molecule has 0 bridgehead atoms. The van der Waals surface area contributed by atoms with Crippen LogP contribution in [0, 0.1) is 0 Å². The summed E-state index contributed by atoms with van der Waals surface area (Å²) in [6, 6.07) is 11.5. The van der Waals surface area contributed by atoms with Crippen molar-refractivity contribution in [2.24, 2.45) is 0 Å². The van der Waals surface area contributed by atoms with E-state index in [0.29, 0.717) is 6.04 Å². The first-order valence-electron chi connectivity index (χ1n) is 5.14. The molecule has 1 fully saturated rings. The molecule has 1 heterocycles. The lowest BCUT2D eigenvalue weighted by molar-refractivity contribution is 0.385. The van der Waals surface area contributed by atoms with Crippen LogP contribution >= 0.6 is 0 Å². The van der Waals surface area contributed by atoms with Gasteiger partial charge in [0.1, 0.15) is 0 Å². The van der Waals surface area contributed by atoms with Gasteiger partial charge in [0, 0.05) is 12.6 Å². The Morgan fingerprint density at radius 3 is 2.54 bits per heavy atom. The SMILES string of the molecule is C[C@@H]1CC[C@H](c2ccccc2)CN1. The van der Waals surface area contributed by atoms with Gasteiger partial charge in [0.2, 0.25) is 0 Å². The van der Waals surface area contributed by atoms with Crippen molar-refractivity contribution in [3.8, 4) is 0 Å². The Bertz CT molecular complexity index is 247. The number of rotatable bonds is 1. The van der Waals surface area contributed by atoms with E-state index < -0.39 is 0 Å².